The van der Waals surface area contributed by atoms with E-state index in [4.69, 9.17) is 4.74 Å². The molecule has 1 unspecified atom stereocenters. The standard InChI is InChI=1S/C12H16BrNO2/c13-11-3-1-2-10(8-11)12(15)9-14-4-6-16-7-5-14/h1-3,8,12,15H,4-7,9H2. The summed E-state index contributed by atoms with van der Waals surface area (Å²) in [6.07, 6.45) is -0.421. The molecule has 0 amide bonds. The first-order chi connectivity index (χ1) is 7.75. The minimum atomic E-state index is -0.421. The van der Waals surface area contributed by atoms with Crippen LogP contribution in [-0.4, -0.2) is 42.9 Å². The largest absolute Gasteiger partial charge is 0.387 e. The number of hydrogen-bond donors (Lipinski definition) is 1. The molecule has 0 radical (unpaired) electrons. The third-order valence-corrected chi connectivity index (χ3v) is 3.26. The van der Waals surface area contributed by atoms with Gasteiger partial charge < -0.3 is 9.84 Å². The smallest absolute Gasteiger partial charge is 0.0917 e. The van der Waals surface area contributed by atoms with E-state index in [9.17, 15) is 5.11 Å². The van der Waals surface area contributed by atoms with E-state index in [1.54, 1.807) is 0 Å². The van der Waals surface area contributed by atoms with E-state index in [0.717, 1.165) is 36.3 Å². The highest BCUT2D eigenvalue weighted by molar-refractivity contribution is 9.10. The van der Waals surface area contributed by atoms with Crippen molar-refractivity contribution >= 4 is 15.9 Å². The fraction of sp³-hybridized carbons (Fsp3) is 0.500. The summed E-state index contributed by atoms with van der Waals surface area (Å²) in [5.41, 5.74) is 0.959. The first kappa shape index (κ1) is 12.0. The Morgan fingerprint density at radius 3 is 2.81 bits per heavy atom. The average molecular weight is 286 g/mol. The molecule has 0 aromatic heterocycles. The second kappa shape index (κ2) is 5.77. The highest BCUT2D eigenvalue weighted by Crippen LogP contribution is 2.19. The average Bonchev–Trinajstić information content (AvgIpc) is 2.30. The lowest BCUT2D eigenvalue weighted by molar-refractivity contribution is 0.0143. The molecule has 2 rings (SSSR count). The summed E-state index contributed by atoms with van der Waals surface area (Å²) in [5, 5.41) is 10.1. The van der Waals surface area contributed by atoms with E-state index >= 15 is 0 Å². The van der Waals surface area contributed by atoms with Gasteiger partial charge in [0.25, 0.3) is 0 Å². The van der Waals surface area contributed by atoms with E-state index in [1.807, 2.05) is 24.3 Å². The third-order valence-electron chi connectivity index (χ3n) is 2.77. The van der Waals surface area contributed by atoms with Crippen LogP contribution in [0.3, 0.4) is 0 Å². The van der Waals surface area contributed by atoms with Gasteiger partial charge in [-0.05, 0) is 17.7 Å². The fourth-order valence-electron chi connectivity index (χ4n) is 1.85. The SMILES string of the molecule is OC(CN1CCOCC1)c1cccc(Br)c1. The normalized spacial score (nSPS) is 19.6. The van der Waals surface area contributed by atoms with E-state index in [1.165, 1.54) is 0 Å². The molecule has 3 nitrogen and oxygen atoms in total. The molecule has 1 atom stereocenters. The number of benzene rings is 1. The lowest BCUT2D eigenvalue weighted by Gasteiger charge is -2.28. The summed E-state index contributed by atoms with van der Waals surface area (Å²) in [6, 6.07) is 7.83. The molecule has 4 heteroatoms. The van der Waals surface area contributed by atoms with E-state index in [2.05, 4.69) is 20.8 Å². The van der Waals surface area contributed by atoms with Gasteiger partial charge >= 0.3 is 0 Å². The highest BCUT2D eigenvalue weighted by atomic mass is 79.9. The molecule has 1 N–H and O–H groups in total. The van der Waals surface area contributed by atoms with Gasteiger partial charge in [-0.25, -0.2) is 0 Å². The molecule has 0 aliphatic carbocycles. The molecule has 1 aliphatic heterocycles. The zero-order valence-electron chi connectivity index (χ0n) is 9.10. The Kier molecular flexibility index (Phi) is 4.35. The Balaban J connectivity index is 1.94. The molecule has 1 aromatic carbocycles. The van der Waals surface area contributed by atoms with Gasteiger partial charge in [-0.1, -0.05) is 28.1 Å². The Hall–Kier alpha value is -0.420. The van der Waals surface area contributed by atoms with Crippen LogP contribution >= 0.6 is 15.9 Å². The number of β-amino-alcohol motifs (C(OH)–C–C–N with tert-alkyl or cyclic N) is 1. The van der Waals surface area contributed by atoms with Crippen molar-refractivity contribution < 1.29 is 9.84 Å². The molecule has 16 heavy (non-hydrogen) atoms. The molecular formula is C12H16BrNO2. The first-order valence-electron chi connectivity index (χ1n) is 5.49. The van der Waals surface area contributed by atoms with Crippen LogP contribution in [-0.2, 0) is 4.74 Å². The number of hydrogen-bond acceptors (Lipinski definition) is 3. The number of ether oxygens (including phenoxy) is 1. The maximum Gasteiger partial charge on any atom is 0.0917 e. The summed E-state index contributed by atoms with van der Waals surface area (Å²) in [6.45, 7) is 4.03. The van der Waals surface area contributed by atoms with Crippen LogP contribution in [0.15, 0.2) is 28.7 Å². The molecule has 1 fully saturated rings. The number of halogens is 1. The molecule has 1 aliphatic rings. The van der Waals surface area contributed by atoms with Crippen LogP contribution in [0.2, 0.25) is 0 Å². The van der Waals surface area contributed by atoms with Gasteiger partial charge in [-0.3, -0.25) is 4.90 Å². The summed E-state index contributed by atoms with van der Waals surface area (Å²) < 4.78 is 6.28. The second-order valence-electron chi connectivity index (χ2n) is 3.98. The molecule has 88 valence electrons. The third kappa shape index (κ3) is 3.28. The Bertz CT molecular complexity index is 340. The predicted molar refractivity (Wildman–Crippen MR) is 66.4 cm³/mol. The predicted octanol–water partition coefficient (Wildman–Crippen LogP) is 1.81. The zero-order chi connectivity index (χ0) is 11.4. The van der Waals surface area contributed by atoms with E-state index in [-0.39, 0.29) is 0 Å². The maximum atomic E-state index is 10.1. The zero-order valence-corrected chi connectivity index (χ0v) is 10.7. The Morgan fingerprint density at radius 2 is 2.12 bits per heavy atom. The monoisotopic (exact) mass is 285 g/mol. The number of rotatable bonds is 3. The minimum absolute atomic E-state index is 0.421. The van der Waals surface area contributed by atoms with Gasteiger partial charge in [-0.15, -0.1) is 0 Å². The first-order valence-corrected chi connectivity index (χ1v) is 6.28. The fourth-order valence-corrected chi connectivity index (χ4v) is 2.26. The second-order valence-corrected chi connectivity index (χ2v) is 4.90. The molecule has 0 spiro atoms. The number of morpholine rings is 1. The number of aliphatic hydroxyl groups is 1. The van der Waals surface area contributed by atoms with E-state index in [0.29, 0.717) is 6.54 Å². The van der Waals surface area contributed by atoms with Crippen LogP contribution < -0.4 is 0 Å². The summed E-state index contributed by atoms with van der Waals surface area (Å²) in [5.74, 6) is 0. The van der Waals surface area contributed by atoms with Gasteiger partial charge in [0, 0.05) is 24.1 Å². The topological polar surface area (TPSA) is 32.7 Å². The van der Waals surface area contributed by atoms with Crippen LogP contribution in [0.4, 0.5) is 0 Å². The van der Waals surface area contributed by atoms with Crippen molar-refractivity contribution in [2.45, 2.75) is 6.10 Å². The summed E-state index contributed by atoms with van der Waals surface area (Å²) in [7, 11) is 0. The summed E-state index contributed by atoms with van der Waals surface area (Å²) in [4.78, 5) is 2.23. The van der Waals surface area contributed by atoms with Crippen LogP contribution in [0.5, 0.6) is 0 Å². The van der Waals surface area contributed by atoms with Gasteiger partial charge in [0.2, 0.25) is 0 Å². The number of nitrogens with zero attached hydrogens (tertiary/aromatic N) is 1. The van der Waals surface area contributed by atoms with Crippen LogP contribution in [0.1, 0.15) is 11.7 Å². The Labute approximate surface area is 104 Å². The van der Waals surface area contributed by atoms with Gasteiger partial charge in [0.1, 0.15) is 0 Å². The highest BCUT2D eigenvalue weighted by Gasteiger charge is 2.16. The van der Waals surface area contributed by atoms with Crippen molar-refractivity contribution in [3.8, 4) is 0 Å². The van der Waals surface area contributed by atoms with Crippen LogP contribution in [0.25, 0.3) is 0 Å². The molecule has 1 saturated heterocycles. The lowest BCUT2D eigenvalue weighted by atomic mass is 10.1. The van der Waals surface area contributed by atoms with Crippen molar-refractivity contribution in [1.29, 1.82) is 0 Å². The molecule has 0 bridgehead atoms. The van der Waals surface area contributed by atoms with Gasteiger partial charge in [0.05, 0.1) is 19.3 Å². The molecule has 1 aromatic rings. The Morgan fingerprint density at radius 1 is 1.38 bits per heavy atom. The quantitative estimate of drug-likeness (QED) is 0.920. The lowest BCUT2D eigenvalue weighted by Crippen LogP contribution is -2.38. The number of aliphatic hydroxyl groups excluding tert-OH is 1. The van der Waals surface area contributed by atoms with Crippen molar-refractivity contribution in [1.82, 2.24) is 4.90 Å². The van der Waals surface area contributed by atoms with Crippen LogP contribution in [0, 0.1) is 0 Å². The van der Waals surface area contributed by atoms with Crippen molar-refractivity contribution in [3.63, 3.8) is 0 Å². The van der Waals surface area contributed by atoms with Crippen molar-refractivity contribution in [2.75, 3.05) is 32.8 Å². The molecule has 1 heterocycles. The molecular weight excluding hydrogens is 270 g/mol. The van der Waals surface area contributed by atoms with Crippen molar-refractivity contribution in [3.05, 3.63) is 34.3 Å². The minimum Gasteiger partial charge on any atom is -0.387 e. The molecule has 0 saturated carbocycles. The van der Waals surface area contributed by atoms with Gasteiger partial charge in [-0.2, -0.15) is 0 Å². The van der Waals surface area contributed by atoms with Gasteiger partial charge in [0.15, 0.2) is 0 Å². The maximum absolute atomic E-state index is 10.1. The van der Waals surface area contributed by atoms with Crippen molar-refractivity contribution in [2.24, 2.45) is 0 Å². The summed E-state index contributed by atoms with van der Waals surface area (Å²) >= 11 is 3.41. The van der Waals surface area contributed by atoms with E-state index < -0.39 is 6.10 Å².